The van der Waals surface area contributed by atoms with Crippen molar-refractivity contribution in [1.82, 2.24) is 9.38 Å². The van der Waals surface area contributed by atoms with Crippen molar-refractivity contribution in [3.63, 3.8) is 0 Å². The molecule has 4 nitrogen and oxygen atoms in total. The van der Waals surface area contributed by atoms with Crippen molar-refractivity contribution in [2.75, 3.05) is 13.7 Å². The lowest BCUT2D eigenvalue weighted by molar-refractivity contribution is 0.415. The Morgan fingerprint density at radius 1 is 1.18 bits per heavy atom. The molecule has 2 heterocycles. The third kappa shape index (κ3) is 2.87. The molecule has 0 spiro atoms. The van der Waals surface area contributed by atoms with Gasteiger partial charge in [-0.1, -0.05) is 0 Å². The Bertz CT molecular complexity index is 780. The molecule has 114 valence electrons. The summed E-state index contributed by atoms with van der Waals surface area (Å²) in [6.45, 7) is 0.670. The monoisotopic (exact) mass is 359 g/mol. The Morgan fingerprint density at radius 3 is 2.64 bits per heavy atom. The number of nitrogens with zero attached hydrogens (tertiary/aromatic N) is 2. The molecular weight excluding hydrogens is 342 g/mol. The van der Waals surface area contributed by atoms with E-state index in [1.807, 2.05) is 36.4 Å². The van der Waals surface area contributed by atoms with Crippen molar-refractivity contribution in [2.24, 2.45) is 5.73 Å². The third-order valence-electron chi connectivity index (χ3n) is 3.66. The van der Waals surface area contributed by atoms with E-state index in [4.69, 9.17) is 15.5 Å². The van der Waals surface area contributed by atoms with Crippen molar-refractivity contribution in [2.45, 2.75) is 12.8 Å². The van der Waals surface area contributed by atoms with Gasteiger partial charge in [-0.25, -0.2) is 4.98 Å². The first-order chi connectivity index (χ1) is 10.7. The van der Waals surface area contributed by atoms with Gasteiger partial charge in [0.15, 0.2) is 0 Å². The Hall–Kier alpha value is -1.85. The maximum absolute atomic E-state index is 5.69. The van der Waals surface area contributed by atoms with E-state index in [2.05, 4.69) is 26.5 Å². The van der Waals surface area contributed by atoms with Crippen LogP contribution in [0.25, 0.3) is 16.9 Å². The van der Waals surface area contributed by atoms with Crippen molar-refractivity contribution in [3.05, 3.63) is 52.8 Å². The van der Waals surface area contributed by atoms with Crippen LogP contribution in [0, 0.1) is 0 Å². The predicted molar refractivity (Wildman–Crippen MR) is 92.3 cm³/mol. The first-order valence-corrected chi connectivity index (χ1v) is 8.03. The fraction of sp³-hybridized carbons (Fsp3) is 0.235. The largest absolute Gasteiger partial charge is 0.497 e. The number of hydrogen-bond donors (Lipinski definition) is 1. The second kappa shape index (κ2) is 6.50. The first-order valence-electron chi connectivity index (χ1n) is 7.24. The van der Waals surface area contributed by atoms with E-state index in [1.54, 1.807) is 7.11 Å². The second-order valence-electron chi connectivity index (χ2n) is 5.10. The van der Waals surface area contributed by atoms with Gasteiger partial charge in [0.25, 0.3) is 0 Å². The van der Waals surface area contributed by atoms with Gasteiger partial charge in [-0.15, -0.1) is 0 Å². The predicted octanol–water partition coefficient (Wildman–Crippen LogP) is 3.66. The Labute approximate surface area is 138 Å². The molecule has 0 saturated carbocycles. The molecule has 0 aliphatic rings. The van der Waals surface area contributed by atoms with Crippen LogP contribution in [-0.4, -0.2) is 23.0 Å². The summed E-state index contributed by atoms with van der Waals surface area (Å²) in [7, 11) is 1.67. The summed E-state index contributed by atoms with van der Waals surface area (Å²) in [4.78, 5) is 4.79. The number of fused-ring (bicyclic) bond motifs is 1. The van der Waals surface area contributed by atoms with E-state index in [9.17, 15) is 0 Å². The summed E-state index contributed by atoms with van der Waals surface area (Å²) >= 11 is 3.53. The lowest BCUT2D eigenvalue weighted by Crippen LogP contribution is -2.03. The van der Waals surface area contributed by atoms with Crippen LogP contribution in [0.2, 0.25) is 0 Å². The average Bonchev–Trinajstić information content (AvgIpc) is 2.90. The summed E-state index contributed by atoms with van der Waals surface area (Å²) in [6.07, 6.45) is 3.89. The zero-order chi connectivity index (χ0) is 15.5. The number of aromatic nitrogens is 2. The van der Waals surface area contributed by atoms with E-state index in [0.717, 1.165) is 40.0 Å². The fourth-order valence-corrected chi connectivity index (χ4v) is 2.89. The molecule has 2 aromatic heterocycles. The van der Waals surface area contributed by atoms with Crippen LogP contribution < -0.4 is 10.5 Å². The van der Waals surface area contributed by atoms with Crippen LogP contribution in [0.3, 0.4) is 0 Å². The Morgan fingerprint density at radius 2 is 1.95 bits per heavy atom. The minimum absolute atomic E-state index is 0.670. The number of halogens is 1. The number of hydrogen-bond acceptors (Lipinski definition) is 3. The molecule has 2 N–H and O–H groups in total. The summed E-state index contributed by atoms with van der Waals surface area (Å²) in [5, 5.41) is 0. The lowest BCUT2D eigenvalue weighted by Gasteiger charge is -2.06. The highest BCUT2D eigenvalue weighted by Crippen LogP contribution is 2.28. The number of ether oxygens (including phenoxy) is 1. The highest BCUT2D eigenvalue weighted by molar-refractivity contribution is 9.10. The molecule has 0 atom stereocenters. The van der Waals surface area contributed by atoms with Crippen LogP contribution in [0.15, 0.2) is 47.1 Å². The standard InChI is InChI=1S/C17H18BrN3O/c1-22-14-7-4-12(5-8-14)17-15(3-2-10-19)21-11-13(18)6-9-16(21)20-17/h4-9,11H,2-3,10,19H2,1H3. The maximum Gasteiger partial charge on any atom is 0.137 e. The lowest BCUT2D eigenvalue weighted by atomic mass is 10.1. The van der Waals surface area contributed by atoms with E-state index in [-0.39, 0.29) is 0 Å². The Kier molecular flexibility index (Phi) is 4.45. The molecule has 0 bridgehead atoms. The van der Waals surface area contributed by atoms with Crippen LogP contribution in [0.1, 0.15) is 12.1 Å². The molecule has 0 aliphatic heterocycles. The van der Waals surface area contributed by atoms with Crippen molar-refractivity contribution >= 4 is 21.6 Å². The van der Waals surface area contributed by atoms with Gasteiger partial charge in [0, 0.05) is 16.2 Å². The molecule has 5 heteroatoms. The number of nitrogens with two attached hydrogens (primary N) is 1. The SMILES string of the molecule is COc1ccc(-c2nc3ccc(Br)cn3c2CCCN)cc1. The van der Waals surface area contributed by atoms with E-state index < -0.39 is 0 Å². The number of imidazole rings is 1. The molecule has 0 amide bonds. The fourth-order valence-electron chi connectivity index (χ4n) is 2.56. The summed E-state index contributed by atoms with van der Waals surface area (Å²) < 4.78 is 8.40. The van der Waals surface area contributed by atoms with Gasteiger partial charge in [0.05, 0.1) is 18.5 Å². The van der Waals surface area contributed by atoms with E-state index in [0.29, 0.717) is 6.54 Å². The summed E-state index contributed by atoms with van der Waals surface area (Å²) in [5.74, 6) is 0.846. The van der Waals surface area contributed by atoms with Crippen molar-refractivity contribution < 1.29 is 4.74 Å². The Balaban J connectivity index is 2.13. The van der Waals surface area contributed by atoms with Gasteiger partial charge in [0.2, 0.25) is 0 Å². The quantitative estimate of drug-likeness (QED) is 0.756. The smallest absolute Gasteiger partial charge is 0.137 e. The van der Waals surface area contributed by atoms with Crippen LogP contribution in [0.5, 0.6) is 5.75 Å². The maximum atomic E-state index is 5.69. The molecule has 0 saturated heterocycles. The van der Waals surface area contributed by atoms with Gasteiger partial charge in [-0.2, -0.15) is 0 Å². The topological polar surface area (TPSA) is 52.5 Å². The zero-order valence-corrected chi connectivity index (χ0v) is 14.0. The average molecular weight is 360 g/mol. The first kappa shape index (κ1) is 15.1. The highest BCUT2D eigenvalue weighted by atomic mass is 79.9. The van der Waals surface area contributed by atoms with Crippen LogP contribution in [-0.2, 0) is 6.42 Å². The minimum atomic E-state index is 0.670. The van der Waals surface area contributed by atoms with Crippen molar-refractivity contribution in [1.29, 1.82) is 0 Å². The second-order valence-corrected chi connectivity index (χ2v) is 6.02. The molecule has 3 aromatic rings. The van der Waals surface area contributed by atoms with Crippen LogP contribution in [0.4, 0.5) is 0 Å². The van der Waals surface area contributed by atoms with Gasteiger partial charge >= 0.3 is 0 Å². The van der Waals surface area contributed by atoms with Gasteiger partial charge < -0.3 is 14.9 Å². The van der Waals surface area contributed by atoms with E-state index >= 15 is 0 Å². The zero-order valence-electron chi connectivity index (χ0n) is 12.4. The summed E-state index contributed by atoms with van der Waals surface area (Å²) in [5.41, 5.74) is 9.92. The number of benzene rings is 1. The highest BCUT2D eigenvalue weighted by Gasteiger charge is 2.14. The van der Waals surface area contributed by atoms with Gasteiger partial charge in [-0.05, 0) is 71.7 Å². The van der Waals surface area contributed by atoms with Crippen molar-refractivity contribution in [3.8, 4) is 17.0 Å². The molecular formula is C17H18BrN3O. The molecule has 0 unspecified atom stereocenters. The number of methoxy groups -OCH3 is 1. The molecule has 1 aromatic carbocycles. The minimum Gasteiger partial charge on any atom is -0.497 e. The van der Waals surface area contributed by atoms with Gasteiger partial charge in [-0.3, -0.25) is 0 Å². The molecule has 0 aliphatic carbocycles. The summed E-state index contributed by atoms with van der Waals surface area (Å²) in [6, 6.07) is 12.0. The van der Waals surface area contributed by atoms with Gasteiger partial charge in [0.1, 0.15) is 11.4 Å². The molecule has 22 heavy (non-hydrogen) atoms. The molecule has 0 fully saturated rings. The number of aryl methyl sites for hydroxylation is 1. The van der Waals surface area contributed by atoms with E-state index in [1.165, 1.54) is 5.69 Å². The van der Waals surface area contributed by atoms with Crippen LogP contribution >= 0.6 is 15.9 Å². The number of rotatable bonds is 5. The number of pyridine rings is 1. The third-order valence-corrected chi connectivity index (χ3v) is 4.13. The molecule has 0 radical (unpaired) electrons. The molecule has 3 rings (SSSR count). The normalized spacial score (nSPS) is 11.0.